The molecule has 2 saturated heterocycles. The van der Waals surface area contributed by atoms with Crippen molar-refractivity contribution in [3.8, 4) is 0 Å². The highest BCUT2D eigenvalue weighted by Gasteiger charge is 2.34. The second kappa shape index (κ2) is 5.25. The first-order valence-corrected chi connectivity index (χ1v) is 8.44. The summed E-state index contributed by atoms with van der Waals surface area (Å²) in [6, 6.07) is 3.27. The number of imidazole rings is 1. The highest BCUT2D eigenvalue weighted by atomic mass is 35.5. The average molecular weight is 305 g/mol. The van der Waals surface area contributed by atoms with Crippen LogP contribution in [-0.2, 0) is 5.88 Å². The molecular formula is C16H21ClN4. The van der Waals surface area contributed by atoms with Crippen molar-refractivity contribution < 1.29 is 0 Å². The fraction of sp³-hybridized carbons (Fsp3) is 0.625. The van der Waals surface area contributed by atoms with Crippen LogP contribution in [0.2, 0.25) is 0 Å². The molecule has 5 heteroatoms. The van der Waals surface area contributed by atoms with Gasteiger partial charge in [-0.05, 0) is 50.8 Å². The Morgan fingerprint density at radius 3 is 3.05 bits per heavy atom. The predicted octanol–water partition coefficient (Wildman–Crippen LogP) is 3.28. The highest BCUT2D eigenvalue weighted by Crippen LogP contribution is 2.35. The fourth-order valence-corrected chi connectivity index (χ4v) is 4.26. The number of aryl methyl sites for hydroxylation is 1. The van der Waals surface area contributed by atoms with Crippen LogP contribution in [0, 0.1) is 6.92 Å². The molecule has 0 radical (unpaired) electrons. The number of piperidine rings is 1. The van der Waals surface area contributed by atoms with Crippen molar-refractivity contribution in [1.29, 1.82) is 0 Å². The zero-order valence-electron chi connectivity index (χ0n) is 12.4. The zero-order valence-corrected chi connectivity index (χ0v) is 13.2. The Bertz CT molecular complexity index is 666. The second-order valence-electron chi connectivity index (χ2n) is 6.34. The normalized spacial score (nSPS) is 26.4. The van der Waals surface area contributed by atoms with Gasteiger partial charge in [-0.1, -0.05) is 0 Å². The smallest absolute Gasteiger partial charge is 0.160 e. The van der Waals surface area contributed by atoms with Gasteiger partial charge in [-0.3, -0.25) is 0 Å². The van der Waals surface area contributed by atoms with Crippen LogP contribution in [0.4, 0.5) is 0 Å². The van der Waals surface area contributed by atoms with Crippen LogP contribution in [0.3, 0.4) is 0 Å². The molecule has 0 aliphatic carbocycles. The summed E-state index contributed by atoms with van der Waals surface area (Å²) < 4.78 is 2.32. The Balaban J connectivity index is 1.77. The van der Waals surface area contributed by atoms with Crippen molar-refractivity contribution in [3.05, 3.63) is 23.7 Å². The molecule has 0 aromatic carbocycles. The molecule has 112 valence electrons. The molecule has 4 rings (SSSR count). The molecule has 2 aromatic rings. The van der Waals surface area contributed by atoms with Gasteiger partial charge in [0.05, 0.1) is 5.88 Å². The van der Waals surface area contributed by atoms with Gasteiger partial charge in [-0.15, -0.1) is 11.6 Å². The zero-order chi connectivity index (χ0) is 14.4. The molecule has 0 bridgehead atoms. The van der Waals surface area contributed by atoms with Gasteiger partial charge in [0.25, 0.3) is 0 Å². The van der Waals surface area contributed by atoms with Crippen molar-refractivity contribution in [1.82, 2.24) is 19.4 Å². The van der Waals surface area contributed by atoms with Crippen LogP contribution < -0.4 is 0 Å². The Morgan fingerprint density at radius 2 is 2.19 bits per heavy atom. The van der Waals surface area contributed by atoms with E-state index in [0.717, 1.165) is 23.0 Å². The lowest BCUT2D eigenvalue weighted by molar-refractivity contribution is 0.156. The highest BCUT2D eigenvalue weighted by molar-refractivity contribution is 6.16. The Hall–Kier alpha value is -1.13. The van der Waals surface area contributed by atoms with Crippen LogP contribution >= 0.6 is 11.6 Å². The summed E-state index contributed by atoms with van der Waals surface area (Å²) in [5, 5.41) is 0. The number of aromatic nitrogens is 3. The summed E-state index contributed by atoms with van der Waals surface area (Å²) in [4.78, 5) is 12.0. The first-order valence-electron chi connectivity index (χ1n) is 7.90. The van der Waals surface area contributed by atoms with Gasteiger partial charge in [0.2, 0.25) is 0 Å². The van der Waals surface area contributed by atoms with Crippen LogP contribution in [0.15, 0.2) is 12.3 Å². The number of rotatable bonds is 2. The van der Waals surface area contributed by atoms with E-state index in [1.807, 2.05) is 12.3 Å². The molecule has 0 N–H and O–H groups in total. The van der Waals surface area contributed by atoms with Crippen molar-refractivity contribution in [2.75, 3.05) is 13.1 Å². The van der Waals surface area contributed by atoms with E-state index in [9.17, 15) is 0 Å². The molecule has 0 saturated carbocycles. The number of pyridine rings is 1. The van der Waals surface area contributed by atoms with Crippen LogP contribution in [0.25, 0.3) is 11.2 Å². The quantitative estimate of drug-likeness (QED) is 0.799. The molecule has 4 nitrogen and oxygen atoms in total. The Labute approximate surface area is 130 Å². The monoisotopic (exact) mass is 304 g/mol. The maximum Gasteiger partial charge on any atom is 0.160 e. The molecule has 2 fully saturated rings. The topological polar surface area (TPSA) is 34.0 Å². The third-order valence-electron chi connectivity index (χ3n) is 5.13. The first kappa shape index (κ1) is 13.5. The van der Waals surface area contributed by atoms with E-state index in [2.05, 4.69) is 21.4 Å². The standard InChI is InChI=1S/C16H21ClN4/c1-11-4-6-18-16-15(11)19-14(10-17)21(16)13-5-8-20-7-2-3-12(20)9-13/h4,6,12-13H,2-3,5,7-10H2,1H3. The molecule has 0 amide bonds. The lowest BCUT2D eigenvalue weighted by Crippen LogP contribution is -2.39. The van der Waals surface area contributed by atoms with Gasteiger partial charge >= 0.3 is 0 Å². The number of hydrogen-bond donors (Lipinski definition) is 0. The van der Waals surface area contributed by atoms with Gasteiger partial charge in [0.15, 0.2) is 5.65 Å². The molecule has 2 aliphatic rings. The molecule has 21 heavy (non-hydrogen) atoms. The minimum Gasteiger partial charge on any atom is -0.308 e. The lowest BCUT2D eigenvalue weighted by Gasteiger charge is -2.36. The van der Waals surface area contributed by atoms with Crippen LogP contribution in [0.1, 0.15) is 43.1 Å². The lowest BCUT2D eigenvalue weighted by atomic mass is 9.97. The number of nitrogens with zero attached hydrogens (tertiary/aromatic N) is 4. The third-order valence-corrected chi connectivity index (χ3v) is 5.37. The second-order valence-corrected chi connectivity index (χ2v) is 6.61. The van der Waals surface area contributed by atoms with Crippen molar-refractivity contribution >= 4 is 22.8 Å². The summed E-state index contributed by atoms with van der Waals surface area (Å²) in [6.45, 7) is 4.57. The van der Waals surface area contributed by atoms with Gasteiger partial charge in [-0.2, -0.15) is 0 Å². The Morgan fingerprint density at radius 1 is 1.29 bits per heavy atom. The predicted molar refractivity (Wildman–Crippen MR) is 84.7 cm³/mol. The number of alkyl halides is 1. The third kappa shape index (κ3) is 2.16. The van der Waals surface area contributed by atoms with Gasteiger partial charge in [-0.25, -0.2) is 9.97 Å². The van der Waals surface area contributed by atoms with Gasteiger partial charge < -0.3 is 9.47 Å². The summed E-state index contributed by atoms with van der Waals surface area (Å²) >= 11 is 6.16. The van der Waals surface area contributed by atoms with E-state index in [-0.39, 0.29) is 0 Å². The van der Waals surface area contributed by atoms with Gasteiger partial charge in [0, 0.05) is 24.8 Å². The molecule has 2 atom stereocenters. The Kier molecular flexibility index (Phi) is 3.38. The van der Waals surface area contributed by atoms with Crippen LogP contribution in [0.5, 0.6) is 0 Å². The first-order chi connectivity index (χ1) is 10.3. The molecular weight excluding hydrogens is 284 g/mol. The summed E-state index contributed by atoms with van der Waals surface area (Å²) in [6.07, 6.45) is 6.97. The van der Waals surface area contributed by atoms with E-state index >= 15 is 0 Å². The van der Waals surface area contributed by atoms with E-state index in [1.165, 1.54) is 44.3 Å². The average Bonchev–Trinajstić information content (AvgIpc) is 3.10. The van der Waals surface area contributed by atoms with Crippen LogP contribution in [-0.4, -0.2) is 38.6 Å². The SMILES string of the molecule is Cc1ccnc2c1nc(CCl)n2C1CCN2CCCC2C1. The van der Waals surface area contributed by atoms with E-state index < -0.39 is 0 Å². The molecule has 2 unspecified atom stereocenters. The van der Waals surface area contributed by atoms with E-state index in [0.29, 0.717) is 11.9 Å². The van der Waals surface area contributed by atoms with Crippen molar-refractivity contribution in [3.63, 3.8) is 0 Å². The minimum atomic E-state index is 0.459. The molecule has 2 aliphatic heterocycles. The van der Waals surface area contributed by atoms with Crippen molar-refractivity contribution in [2.24, 2.45) is 0 Å². The number of fused-ring (bicyclic) bond motifs is 2. The number of halogens is 1. The minimum absolute atomic E-state index is 0.459. The maximum atomic E-state index is 6.16. The molecule has 4 heterocycles. The van der Waals surface area contributed by atoms with Crippen molar-refractivity contribution in [2.45, 2.75) is 50.6 Å². The maximum absolute atomic E-state index is 6.16. The largest absolute Gasteiger partial charge is 0.308 e. The van der Waals surface area contributed by atoms with Gasteiger partial charge in [0.1, 0.15) is 11.3 Å². The molecule has 2 aromatic heterocycles. The molecule has 0 spiro atoms. The fourth-order valence-electron chi connectivity index (χ4n) is 4.07. The van der Waals surface area contributed by atoms with E-state index in [4.69, 9.17) is 16.6 Å². The summed E-state index contributed by atoms with van der Waals surface area (Å²) in [5.41, 5.74) is 3.22. The summed E-state index contributed by atoms with van der Waals surface area (Å²) in [7, 11) is 0. The summed E-state index contributed by atoms with van der Waals surface area (Å²) in [5.74, 6) is 1.44. The number of hydrogen-bond acceptors (Lipinski definition) is 3. The van der Waals surface area contributed by atoms with E-state index in [1.54, 1.807) is 0 Å².